The lowest BCUT2D eigenvalue weighted by atomic mass is 9.98. The second kappa shape index (κ2) is 8.98. The van der Waals surface area contributed by atoms with Crippen molar-refractivity contribution in [3.8, 4) is 16.9 Å². The minimum atomic E-state index is -0.722. The maximum Gasteiger partial charge on any atom is 0.339 e. The molecule has 0 aromatic heterocycles. The molecule has 0 fully saturated rings. The van der Waals surface area contributed by atoms with Crippen molar-refractivity contribution in [1.29, 1.82) is 0 Å². The van der Waals surface area contributed by atoms with Crippen LogP contribution in [-0.2, 0) is 11.3 Å². The van der Waals surface area contributed by atoms with Crippen LogP contribution in [0.5, 0.6) is 5.75 Å². The zero-order valence-corrected chi connectivity index (χ0v) is 19.0. The minimum absolute atomic E-state index is 0.323. The molecule has 0 radical (unpaired) electrons. The molecule has 1 heterocycles. The average Bonchev–Trinajstić information content (AvgIpc) is 2.78. The van der Waals surface area contributed by atoms with E-state index in [0.29, 0.717) is 29.7 Å². The topological polar surface area (TPSA) is 79.0 Å². The Labute approximate surface area is 192 Å². The summed E-state index contributed by atoms with van der Waals surface area (Å²) >= 11 is 0. The number of carbonyl (C=O) groups excluding carboxylic acids is 1. The Morgan fingerprint density at radius 1 is 1.03 bits per heavy atom. The minimum Gasteiger partial charge on any atom is -0.481 e. The fourth-order valence-electron chi connectivity index (χ4n) is 3.84. The molecule has 33 heavy (non-hydrogen) atoms. The van der Waals surface area contributed by atoms with Gasteiger partial charge in [0.2, 0.25) is 5.36 Å². The molecule has 3 aromatic carbocycles. The summed E-state index contributed by atoms with van der Waals surface area (Å²) in [5, 5.41) is 19.9. The third kappa shape index (κ3) is 5.17. The van der Waals surface area contributed by atoms with Crippen molar-refractivity contribution in [3.63, 3.8) is 0 Å². The van der Waals surface area contributed by atoms with Gasteiger partial charge in [0.25, 0.3) is 5.95 Å². The van der Waals surface area contributed by atoms with Gasteiger partial charge < -0.3 is 19.7 Å². The number of aliphatic hydroxyl groups excluding tert-OH is 1. The maximum atomic E-state index is 12.7. The van der Waals surface area contributed by atoms with Gasteiger partial charge in [0, 0.05) is 17.7 Å². The number of esters is 1. The summed E-state index contributed by atoms with van der Waals surface area (Å²) in [6.45, 7) is 7.50. The first-order chi connectivity index (χ1) is 15.7. The van der Waals surface area contributed by atoms with Crippen LogP contribution in [0.25, 0.3) is 17.1 Å². The summed E-state index contributed by atoms with van der Waals surface area (Å²) in [5.74, 6) is -0.430. The maximum absolute atomic E-state index is 12.7. The molecule has 6 nitrogen and oxygen atoms in total. The standard InChI is InChI=1S/C27H27NO5/c1-27(2,3)33-26(31)22-7-5-4-6-21(22)19-10-8-18(9-11-19)17-28-14-15-32-24-16-20(25(29)30)12-13-23(24)28/h4-13,16H,14-15,17H2,1-3H3,(H,29,30)/p+1. The van der Waals surface area contributed by atoms with E-state index in [2.05, 4.69) is 16.7 Å². The number of hydrogen-bond acceptors (Lipinski definition) is 5. The van der Waals surface area contributed by atoms with Gasteiger partial charge in [0.15, 0.2) is 18.8 Å². The number of aliphatic hydroxyl groups is 2. The molecule has 0 saturated carbocycles. The van der Waals surface area contributed by atoms with E-state index in [1.807, 2.05) is 57.2 Å². The van der Waals surface area contributed by atoms with Gasteiger partial charge >= 0.3 is 5.97 Å². The molecule has 0 unspecified atom stereocenters. The Morgan fingerprint density at radius 2 is 1.76 bits per heavy atom. The van der Waals surface area contributed by atoms with Gasteiger partial charge in [0.1, 0.15) is 12.2 Å². The van der Waals surface area contributed by atoms with Crippen molar-refractivity contribution in [2.24, 2.45) is 0 Å². The Hall–Kier alpha value is -3.80. The molecule has 0 saturated heterocycles. The van der Waals surface area contributed by atoms with E-state index in [1.165, 1.54) is 0 Å². The van der Waals surface area contributed by atoms with Gasteiger partial charge in [-0.2, -0.15) is 0 Å². The second-order valence-corrected chi connectivity index (χ2v) is 9.02. The van der Waals surface area contributed by atoms with E-state index >= 15 is 0 Å². The molecule has 4 rings (SSSR count). The Kier molecular flexibility index (Phi) is 6.09. The highest BCUT2D eigenvalue weighted by molar-refractivity contribution is 5.97. The van der Waals surface area contributed by atoms with Gasteiger partial charge in [-0.3, -0.25) is 0 Å². The van der Waals surface area contributed by atoms with E-state index in [1.54, 1.807) is 18.2 Å². The molecule has 0 spiro atoms. The van der Waals surface area contributed by atoms with Crippen molar-refractivity contribution in [1.82, 2.24) is 4.58 Å². The van der Waals surface area contributed by atoms with Crippen LogP contribution in [0.4, 0.5) is 0 Å². The SMILES string of the molecule is CC(C)(C)OC(=O)c1ccccc1-c1ccc(C[N+]2=c3ccc(=C(O)O)cc3OCC2)cc1. The highest BCUT2D eigenvalue weighted by Gasteiger charge is 2.21. The predicted molar refractivity (Wildman–Crippen MR) is 127 cm³/mol. The fraction of sp³-hybridized carbons (Fsp3) is 0.259. The van der Waals surface area contributed by atoms with Gasteiger partial charge in [-0.05, 0) is 44.0 Å². The molecule has 1 aliphatic heterocycles. The number of nitrogens with zero attached hydrogens (tertiary/aromatic N) is 1. The highest BCUT2D eigenvalue weighted by Crippen LogP contribution is 2.26. The quantitative estimate of drug-likeness (QED) is 0.473. The van der Waals surface area contributed by atoms with Crippen LogP contribution >= 0.6 is 0 Å². The summed E-state index contributed by atoms with van der Waals surface area (Å²) in [7, 11) is 0. The van der Waals surface area contributed by atoms with Gasteiger partial charge in [-0.25, -0.2) is 9.37 Å². The van der Waals surface area contributed by atoms with Crippen molar-refractivity contribution in [2.75, 3.05) is 13.2 Å². The molecule has 3 aromatic rings. The van der Waals surface area contributed by atoms with Crippen molar-refractivity contribution < 1.29 is 24.5 Å². The number of rotatable bonds is 4. The molecule has 0 amide bonds. The number of benzene rings is 3. The first kappa shape index (κ1) is 22.4. The summed E-state index contributed by atoms with van der Waals surface area (Å²) in [6, 6.07) is 20.7. The predicted octanol–water partition coefficient (Wildman–Crippen LogP) is 3.57. The van der Waals surface area contributed by atoms with Crippen LogP contribution in [0.2, 0.25) is 0 Å². The number of hydrogen-bond donors (Lipinski definition) is 2. The van der Waals surface area contributed by atoms with Gasteiger partial charge in [-0.1, -0.05) is 42.5 Å². The lowest BCUT2D eigenvalue weighted by molar-refractivity contribution is 0.00704. The molecule has 1 aliphatic rings. The molecule has 0 aliphatic carbocycles. The zero-order chi connectivity index (χ0) is 23.6. The number of fused-ring (bicyclic) bond motifs is 1. The zero-order valence-electron chi connectivity index (χ0n) is 19.0. The monoisotopic (exact) mass is 446 g/mol. The first-order valence-corrected chi connectivity index (χ1v) is 10.9. The Morgan fingerprint density at radius 3 is 2.45 bits per heavy atom. The van der Waals surface area contributed by atoms with Gasteiger partial charge in [0.05, 0.1) is 10.8 Å². The normalized spacial score (nSPS) is 13.1. The fourth-order valence-corrected chi connectivity index (χ4v) is 3.84. The lowest BCUT2D eigenvalue weighted by Gasteiger charge is -2.20. The number of ether oxygens (including phenoxy) is 2. The van der Waals surface area contributed by atoms with Crippen LogP contribution in [0.1, 0.15) is 36.7 Å². The summed E-state index contributed by atoms with van der Waals surface area (Å²) in [6.07, 6.45) is 0. The molecule has 0 bridgehead atoms. The molecule has 2 N–H and O–H groups in total. The lowest BCUT2D eigenvalue weighted by Crippen LogP contribution is -2.39. The van der Waals surface area contributed by atoms with Crippen molar-refractivity contribution >= 4 is 11.9 Å². The largest absolute Gasteiger partial charge is 0.481 e. The third-order valence-corrected chi connectivity index (χ3v) is 5.36. The average molecular weight is 447 g/mol. The van der Waals surface area contributed by atoms with Crippen LogP contribution in [-0.4, -0.2) is 34.9 Å². The highest BCUT2D eigenvalue weighted by atomic mass is 16.6. The van der Waals surface area contributed by atoms with Crippen LogP contribution in [0.15, 0.2) is 66.7 Å². The summed E-state index contributed by atoms with van der Waals surface area (Å²) in [4.78, 5) is 12.7. The molecule has 170 valence electrons. The van der Waals surface area contributed by atoms with E-state index < -0.39 is 11.5 Å². The van der Waals surface area contributed by atoms with Crippen LogP contribution in [0, 0.1) is 0 Å². The first-order valence-electron chi connectivity index (χ1n) is 10.9. The van der Waals surface area contributed by atoms with E-state index in [4.69, 9.17) is 9.47 Å². The third-order valence-electron chi connectivity index (χ3n) is 5.36. The Bertz CT molecular complexity index is 1300. The van der Waals surface area contributed by atoms with E-state index in [0.717, 1.165) is 28.6 Å². The molecular weight excluding hydrogens is 418 g/mol. The molecule has 0 atom stereocenters. The smallest absolute Gasteiger partial charge is 0.339 e. The van der Waals surface area contributed by atoms with Crippen molar-refractivity contribution in [3.05, 3.63) is 88.4 Å². The second-order valence-electron chi connectivity index (χ2n) is 9.02. The van der Waals surface area contributed by atoms with Crippen molar-refractivity contribution in [2.45, 2.75) is 32.9 Å². The van der Waals surface area contributed by atoms with E-state index in [9.17, 15) is 15.0 Å². The van der Waals surface area contributed by atoms with Crippen LogP contribution < -0.4 is 19.9 Å². The van der Waals surface area contributed by atoms with E-state index in [-0.39, 0.29) is 5.97 Å². The molecule has 6 heteroatoms. The van der Waals surface area contributed by atoms with Crippen LogP contribution in [0.3, 0.4) is 0 Å². The molecular formula is C27H28NO5+. The van der Waals surface area contributed by atoms with Gasteiger partial charge in [-0.15, -0.1) is 0 Å². The number of carbonyl (C=O) groups is 1. The Balaban J connectivity index is 1.62. The summed E-state index contributed by atoms with van der Waals surface area (Å²) in [5.41, 5.74) is 2.88. The summed E-state index contributed by atoms with van der Waals surface area (Å²) < 4.78 is 13.5.